The van der Waals surface area contributed by atoms with Crippen molar-refractivity contribution in [2.45, 2.75) is 58.3 Å². The predicted molar refractivity (Wildman–Crippen MR) is 117 cm³/mol. The number of amides is 2. The SMILES string of the molecule is CC(C)(C)OC(=O)N1CCC(c2ccc3c(c2)COc2cc4c(cc2-3)C(=O)NC4)CC1. The Morgan fingerprint density at radius 2 is 1.84 bits per heavy atom. The molecule has 2 aromatic carbocycles. The summed E-state index contributed by atoms with van der Waals surface area (Å²) in [5, 5.41) is 2.88. The van der Waals surface area contributed by atoms with Crippen molar-refractivity contribution in [2.75, 3.05) is 13.1 Å². The minimum atomic E-state index is -0.469. The molecule has 0 atom stereocenters. The Balaban J connectivity index is 1.33. The smallest absolute Gasteiger partial charge is 0.410 e. The van der Waals surface area contributed by atoms with Crippen molar-refractivity contribution in [1.82, 2.24) is 10.2 Å². The largest absolute Gasteiger partial charge is 0.488 e. The molecule has 6 nitrogen and oxygen atoms in total. The standard InChI is InChI=1S/C25H28N2O4/c1-25(2,3)31-24(29)27-8-6-15(7-9-27)16-4-5-19-18(10-16)14-30-22-11-17-13-26-23(28)20(17)12-21(19)22/h4-5,10-12,15H,6-9,13-14H2,1-3H3,(H,26,28). The van der Waals surface area contributed by atoms with Crippen LogP contribution in [-0.4, -0.2) is 35.6 Å². The summed E-state index contributed by atoms with van der Waals surface area (Å²) in [5.74, 6) is 1.25. The molecule has 162 valence electrons. The Kier molecular flexibility index (Phi) is 4.68. The van der Waals surface area contributed by atoms with Gasteiger partial charge >= 0.3 is 6.09 Å². The lowest BCUT2D eigenvalue weighted by molar-refractivity contribution is 0.0204. The number of carbonyl (C=O) groups is 2. The van der Waals surface area contributed by atoms with E-state index in [1.54, 1.807) is 0 Å². The molecule has 0 spiro atoms. The lowest BCUT2D eigenvalue weighted by Gasteiger charge is -2.34. The summed E-state index contributed by atoms with van der Waals surface area (Å²) >= 11 is 0. The fourth-order valence-corrected chi connectivity index (χ4v) is 4.71. The number of carbonyl (C=O) groups excluding carboxylic acids is 2. The minimum absolute atomic E-state index is 0.0155. The molecule has 1 N–H and O–H groups in total. The summed E-state index contributed by atoms with van der Waals surface area (Å²) in [7, 11) is 0. The molecule has 2 aromatic rings. The molecule has 0 unspecified atom stereocenters. The molecule has 1 fully saturated rings. The first-order chi connectivity index (χ1) is 14.8. The van der Waals surface area contributed by atoms with E-state index in [4.69, 9.17) is 9.47 Å². The van der Waals surface area contributed by atoms with Crippen LogP contribution in [0, 0.1) is 0 Å². The van der Waals surface area contributed by atoms with E-state index in [0.717, 1.165) is 46.4 Å². The molecule has 0 saturated carbocycles. The molecule has 3 heterocycles. The first-order valence-electron chi connectivity index (χ1n) is 11.0. The monoisotopic (exact) mass is 420 g/mol. The maximum absolute atomic E-state index is 12.3. The van der Waals surface area contributed by atoms with Crippen molar-refractivity contribution < 1.29 is 19.1 Å². The van der Waals surface area contributed by atoms with Gasteiger partial charge in [0.1, 0.15) is 18.0 Å². The van der Waals surface area contributed by atoms with Crippen molar-refractivity contribution in [3.8, 4) is 16.9 Å². The number of ether oxygens (including phenoxy) is 2. The third kappa shape index (κ3) is 3.75. The van der Waals surface area contributed by atoms with Gasteiger partial charge < -0.3 is 19.7 Å². The number of nitrogens with one attached hydrogen (secondary N) is 1. The van der Waals surface area contributed by atoms with Crippen LogP contribution in [-0.2, 0) is 17.9 Å². The first-order valence-corrected chi connectivity index (χ1v) is 11.0. The van der Waals surface area contributed by atoms with Gasteiger partial charge in [-0.25, -0.2) is 4.79 Å². The van der Waals surface area contributed by atoms with E-state index < -0.39 is 5.60 Å². The summed E-state index contributed by atoms with van der Waals surface area (Å²) in [6.45, 7) is 8.20. The lowest BCUT2D eigenvalue weighted by Crippen LogP contribution is -2.41. The number of nitrogens with zero attached hydrogens (tertiary/aromatic N) is 1. The topological polar surface area (TPSA) is 67.9 Å². The predicted octanol–water partition coefficient (Wildman–Crippen LogP) is 4.60. The van der Waals surface area contributed by atoms with Gasteiger partial charge in [0, 0.05) is 30.8 Å². The summed E-state index contributed by atoms with van der Waals surface area (Å²) in [6, 6.07) is 10.5. The van der Waals surface area contributed by atoms with Crippen molar-refractivity contribution in [3.63, 3.8) is 0 Å². The van der Waals surface area contributed by atoms with Crippen LogP contribution in [0.4, 0.5) is 4.79 Å². The number of hydrogen-bond acceptors (Lipinski definition) is 4. The van der Waals surface area contributed by atoms with E-state index in [9.17, 15) is 9.59 Å². The fourth-order valence-electron chi connectivity index (χ4n) is 4.71. The lowest BCUT2D eigenvalue weighted by atomic mass is 9.85. The second kappa shape index (κ2) is 7.29. The second-order valence-electron chi connectivity index (χ2n) is 9.64. The Morgan fingerprint density at radius 1 is 1.06 bits per heavy atom. The van der Waals surface area contributed by atoms with E-state index in [-0.39, 0.29) is 12.0 Å². The quantitative estimate of drug-likeness (QED) is 0.732. The van der Waals surface area contributed by atoms with Crippen LogP contribution in [0.3, 0.4) is 0 Å². The van der Waals surface area contributed by atoms with Gasteiger partial charge in [-0.15, -0.1) is 0 Å². The Bertz CT molecular complexity index is 1060. The molecular weight excluding hydrogens is 392 g/mol. The van der Waals surface area contributed by atoms with Crippen LogP contribution in [0.5, 0.6) is 5.75 Å². The maximum atomic E-state index is 12.3. The van der Waals surface area contributed by atoms with Crippen LogP contribution >= 0.6 is 0 Å². The first kappa shape index (κ1) is 19.9. The van der Waals surface area contributed by atoms with Crippen LogP contribution in [0.25, 0.3) is 11.1 Å². The number of fused-ring (bicyclic) bond motifs is 4. The molecule has 1 saturated heterocycles. The zero-order valence-corrected chi connectivity index (χ0v) is 18.3. The zero-order chi connectivity index (χ0) is 21.8. The molecular formula is C25H28N2O4. The molecule has 3 aliphatic rings. The molecule has 31 heavy (non-hydrogen) atoms. The number of rotatable bonds is 1. The number of likely N-dealkylation sites (tertiary alicyclic amines) is 1. The molecule has 0 bridgehead atoms. The summed E-state index contributed by atoms with van der Waals surface area (Å²) in [4.78, 5) is 26.2. The number of hydrogen-bond donors (Lipinski definition) is 1. The molecule has 0 aromatic heterocycles. The van der Waals surface area contributed by atoms with E-state index >= 15 is 0 Å². The molecule has 6 heteroatoms. The van der Waals surface area contributed by atoms with Gasteiger partial charge in [0.2, 0.25) is 0 Å². The van der Waals surface area contributed by atoms with Gasteiger partial charge in [0.05, 0.1) is 0 Å². The molecule has 0 radical (unpaired) electrons. The van der Waals surface area contributed by atoms with Gasteiger partial charge in [0.25, 0.3) is 5.91 Å². The fraction of sp³-hybridized carbons (Fsp3) is 0.440. The Hall–Kier alpha value is -3.02. The van der Waals surface area contributed by atoms with E-state index in [1.807, 2.05) is 37.8 Å². The Labute approximate surface area is 182 Å². The molecule has 3 aliphatic heterocycles. The van der Waals surface area contributed by atoms with Crippen LogP contribution in [0.2, 0.25) is 0 Å². The van der Waals surface area contributed by atoms with Crippen LogP contribution < -0.4 is 10.1 Å². The average molecular weight is 421 g/mol. The molecule has 5 rings (SSSR count). The van der Waals surface area contributed by atoms with E-state index in [1.165, 1.54) is 5.56 Å². The average Bonchev–Trinajstić information content (AvgIpc) is 3.10. The molecule has 0 aliphatic carbocycles. The zero-order valence-electron chi connectivity index (χ0n) is 18.3. The van der Waals surface area contributed by atoms with Gasteiger partial charge in [-0.05, 0) is 73.9 Å². The van der Waals surface area contributed by atoms with Gasteiger partial charge in [-0.2, -0.15) is 0 Å². The highest BCUT2D eigenvalue weighted by Gasteiger charge is 2.29. The van der Waals surface area contributed by atoms with Crippen molar-refractivity contribution >= 4 is 12.0 Å². The normalized spacial score (nSPS) is 17.9. The van der Waals surface area contributed by atoms with Crippen molar-refractivity contribution in [2.24, 2.45) is 0 Å². The van der Waals surface area contributed by atoms with Crippen LogP contribution in [0.1, 0.15) is 66.6 Å². The second-order valence-corrected chi connectivity index (χ2v) is 9.64. The summed E-state index contributed by atoms with van der Waals surface area (Å²) in [6.07, 6.45) is 1.62. The highest BCUT2D eigenvalue weighted by Crippen LogP contribution is 2.42. The third-order valence-corrected chi connectivity index (χ3v) is 6.31. The van der Waals surface area contributed by atoms with E-state index in [0.29, 0.717) is 32.2 Å². The summed E-state index contributed by atoms with van der Waals surface area (Å²) in [5.41, 5.74) is 5.84. The van der Waals surface area contributed by atoms with Crippen LogP contribution in [0.15, 0.2) is 30.3 Å². The third-order valence-electron chi connectivity index (χ3n) is 6.31. The van der Waals surface area contributed by atoms with Crippen molar-refractivity contribution in [3.05, 3.63) is 52.6 Å². The van der Waals surface area contributed by atoms with E-state index in [2.05, 4.69) is 23.5 Å². The highest BCUT2D eigenvalue weighted by atomic mass is 16.6. The minimum Gasteiger partial charge on any atom is -0.488 e. The van der Waals surface area contributed by atoms with Crippen molar-refractivity contribution in [1.29, 1.82) is 0 Å². The number of benzene rings is 2. The molecule has 2 amide bonds. The van der Waals surface area contributed by atoms with Gasteiger partial charge in [-0.1, -0.05) is 18.2 Å². The number of piperidine rings is 1. The maximum Gasteiger partial charge on any atom is 0.410 e. The summed E-state index contributed by atoms with van der Waals surface area (Å²) < 4.78 is 11.5. The van der Waals surface area contributed by atoms with Gasteiger partial charge in [-0.3, -0.25) is 4.79 Å². The van der Waals surface area contributed by atoms with Gasteiger partial charge in [0.15, 0.2) is 0 Å². The Morgan fingerprint density at radius 3 is 2.58 bits per heavy atom. The highest BCUT2D eigenvalue weighted by molar-refractivity contribution is 6.00.